The van der Waals surface area contributed by atoms with Gasteiger partial charge in [-0.05, 0) is 13.0 Å². The van der Waals surface area contributed by atoms with Crippen LogP contribution in [0.2, 0.25) is 0 Å². The molecule has 0 aromatic carbocycles. The van der Waals surface area contributed by atoms with Crippen LogP contribution in [0.5, 0.6) is 5.88 Å². The van der Waals surface area contributed by atoms with Gasteiger partial charge in [-0.15, -0.1) is 0 Å². The first-order valence-electron chi connectivity index (χ1n) is 7.60. The number of fused-ring (bicyclic) bond motifs is 2. The van der Waals surface area contributed by atoms with E-state index in [4.69, 9.17) is 9.47 Å². The van der Waals surface area contributed by atoms with Crippen molar-refractivity contribution < 1.29 is 19.4 Å². The first-order valence-corrected chi connectivity index (χ1v) is 7.60. The molecule has 0 fully saturated rings. The van der Waals surface area contributed by atoms with E-state index < -0.39 is 29.2 Å². The molecule has 1 aromatic rings. The molecule has 8 nitrogen and oxygen atoms in total. The molecule has 0 radical (unpaired) electrons. The maximum Gasteiger partial charge on any atom is 0.265 e. The molecule has 0 bridgehead atoms. The van der Waals surface area contributed by atoms with Gasteiger partial charge in [0.1, 0.15) is 17.4 Å². The van der Waals surface area contributed by atoms with Gasteiger partial charge in [-0.2, -0.15) is 4.98 Å². The maximum absolute atomic E-state index is 13.0. The van der Waals surface area contributed by atoms with Crippen molar-refractivity contribution in [2.75, 3.05) is 7.11 Å². The van der Waals surface area contributed by atoms with Crippen molar-refractivity contribution in [1.82, 2.24) is 14.9 Å². The number of aromatic nitrogens is 2. The largest absolute Gasteiger partial charge is 0.497 e. The summed E-state index contributed by atoms with van der Waals surface area (Å²) >= 11 is 0. The van der Waals surface area contributed by atoms with Crippen LogP contribution in [0.3, 0.4) is 0 Å². The van der Waals surface area contributed by atoms with Crippen LogP contribution >= 0.6 is 0 Å². The molecular formula is C16H19N3O5. The highest BCUT2D eigenvalue weighted by Crippen LogP contribution is 2.33. The molecule has 0 unspecified atom stereocenters. The van der Waals surface area contributed by atoms with Crippen LogP contribution in [-0.4, -0.2) is 27.7 Å². The predicted octanol–water partition coefficient (Wildman–Crippen LogP) is 0.629. The molecule has 128 valence electrons. The monoisotopic (exact) mass is 333 g/mol. The number of ether oxygens (including phenoxy) is 2. The summed E-state index contributed by atoms with van der Waals surface area (Å²) in [5.41, 5.74) is -2.08. The van der Waals surface area contributed by atoms with E-state index in [9.17, 15) is 14.7 Å². The van der Waals surface area contributed by atoms with Crippen molar-refractivity contribution in [1.29, 1.82) is 0 Å². The standard InChI is InChI=1S/C16H19N3O5/c1-8(2)16(22)15-17-13-11(7-10(23-4)5-6-24-13)14(21)19(15)9(3)12(20)18-16/h5-9,22H,1-4H3,(H,18,20)/t9-,16-/m0/s1. The average molecular weight is 333 g/mol. The van der Waals surface area contributed by atoms with Crippen LogP contribution in [-0.2, 0) is 15.3 Å². The number of allylic oxidation sites excluding steroid dienone is 1. The second kappa shape index (κ2) is 5.48. The van der Waals surface area contributed by atoms with Gasteiger partial charge in [0.15, 0.2) is 11.5 Å². The van der Waals surface area contributed by atoms with Crippen LogP contribution in [0.25, 0.3) is 6.08 Å². The van der Waals surface area contributed by atoms with Crippen molar-refractivity contribution in [3.8, 4) is 5.88 Å². The zero-order chi connectivity index (χ0) is 17.6. The molecule has 3 heterocycles. The Balaban J connectivity index is 2.34. The van der Waals surface area contributed by atoms with Crippen LogP contribution in [0.15, 0.2) is 22.9 Å². The lowest BCUT2D eigenvalue weighted by Crippen LogP contribution is -2.60. The number of nitrogens with zero attached hydrogens (tertiary/aromatic N) is 2. The molecule has 1 amide bonds. The fourth-order valence-corrected chi connectivity index (χ4v) is 2.72. The molecule has 3 rings (SSSR count). The Morgan fingerprint density at radius 3 is 2.79 bits per heavy atom. The van der Waals surface area contributed by atoms with Crippen molar-refractivity contribution in [3.63, 3.8) is 0 Å². The third-order valence-electron chi connectivity index (χ3n) is 4.31. The minimum absolute atomic E-state index is 0.0519. The number of carbonyl (C=O) groups excluding carboxylic acids is 1. The highest BCUT2D eigenvalue weighted by atomic mass is 16.5. The molecule has 2 N–H and O–H groups in total. The molecule has 2 atom stereocenters. The lowest BCUT2D eigenvalue weighted by atomic mass is 9.95. The van der Waals surface area contributed by atoms with Gasteiger partial charge in [-0.25, -0.2) is 0 Å². The van der Waals surface area contributed by atoms with E-state index in [-0.39, 0.29) is 17.3 Å². The van der Waals surface area contributed by atoms with Crippen LogP contribution < -0.4 is 15.6 Å². The van der Waals surface area contributed by atoms with Crippen LogP contribution in [0.1, 0.15) is 38.2 Å². The van der Waals surface area contributed by atoms with Gasteiger partial charge in [0.2, 0.25) is 11.8 Å². The third-order valence-corrected chi connectivity index (χ3v) is 4.31. The Bertz CT molecular complexity index is 824. The van der Waals surface area contributed by atoms with E-state index in [2.05, 4.69) is 10.3 Å². The van der Waals surface area contributed by atoms with Crippen molar-refractivity contribution in [3.05, 3.63) is 39.8 Å². The number of methoxy groups -OCH3 is 1. The van der Waals surface area contributed by atoms with E-state index in [0.717, 1.165) is 0 Å². The van der Waals surface area contributed by atoms with Gasteiger partial charge in [-0.1, -0.05) is 13.8 Å². The summed E-state index contributed by atoms with van der Waals surface area (Å²) in [4.78, 5) is 29.5. The summed E-state index contributed by atoms with van der Waals surface area (Å²) in [6, 6.07) is -0.806. The molecule has 8 heteroatoms. The topological polar surface area (TPSA) is 103 Å². The fraction of sp³-hybridized carbons (Fsp3) is 0.438. The lowest BCUT2D eigenvalue weighted by molar-refractivity contribution is -0.143. The van der Waals surface area contributed by atoms with Gasteiger partial charge in [0, 0.05) is 12.0 Å². The number of carbonyl (C=O) groups is 1. The molecule has 0 aliphatic carbocycles. The highest BCUT2D eigenvalue weighted by Gasteiger charge is 2.46. The van der Waals surface area contributed by atoms with Crippen molar-refractivity contribution >= 4 is 12.0 Å². The van der Waals surface area contributed by atoms with Gasteiger partial charge < -0.3 is 19.9 Å². The van der Waals surface area contributed by atoms with Gasteiger partial charge in [0.05, 0.1) is 13.4 Å². The maximum atomic E-state index is 13.0. The van der Waals surface area contributed by atoms with Crippen molar-refractivity contribution in [2.45, 2.75) is 32.5 Å². The highest BCUT2D eigenvalue weighted by molar-refractivity contribution is 5.82. The Morgan fingerprint density at radius 1 is 1.46 bits per heavy atom. The summed E-state index contributed by atoms with van der Waals surface area (Å²) in [5.74, 6) is -0.337. The molecular weight excluding hydrogens is 314 g/mol. The van der Waals surface area contributed by atoms with Gasteiger partial charge in [0.25, 0.3) is 5.56 Å². The zero-order valence-corrected chi connectivity index (χ0v) is 13.9. The molecule has 0 spiro atoms. The first-order chi connectivity index (χ1) is 11.3. The van der Waals surface area contributed by atoms with Gasteiger partial charge >= 0.3 is 0 Å². The predicted molar refractivity (Wildman–Crippen MR) is 84.8 cm³/mol. The summed E-state index contributed by atoms with van der Waals surface area (Å²) < 4.78 is 11.8. The third kappa shape index (κ3) is 2.22. The minimum atomic E-state index is -1.76. The van der Waals surface area contributed by atoms with E-state index in [0.29, 0.717) is 5.76 Å². The smallest absolute Gasteiger partial charge is 0.265 e. The molecule has 0 saturated heterocycles. The number of hydrogen-bond acceptors (Lipinski definition) is 6. The SMILES string of the molecule is COC1=Cc2c(nc3n(c2=O)[C@@H](C)C(=O)N[C@]3(O)C(C)C)OC=C1. The number of rotatable bonds is 2. The Morgan fingerprint density at radius 2 is 2.17 bits per heavy atom. The fourth-order valence-electron chi connectivity index (χ4n) is 2.72. The van der Waals surface area contributed by atoms with E-state index in [1.165, 1.54) is 24.0 Å². The summed E-state index contributed by atoms with van der Waals surface area (Å²) in [5, 5.41) is 13.5. The van der Waals surface area contributed by atoms with E-state index >= 15 is 0 Å². The molecule has 1 aromatic heterocycles. The van der Waals surface area contributed by atoms with Crippen LogP contribution in [0.4, 0.5) is 0 Å². The average Bonchev–Trinajstić information content (AvgIpc) is 2.74. The second-order valence-corrected chi connectivity index (χ2v) is 6.09. The summed E-state index contributed by atoms with van der Waals surface area (Å²) in [6.45, 7) is 5.02. The molecule has 24 heavy (non-hydrogen) atoms. The number of nitrogens with one attached hydrogen (secondary N) is 1. The zero-order valence-electron chi connectivity index (χ0n) is 13.9. The number of aliphatic hydroxyl groups is 1. The van der Waals surface area contributed by atoms with Crippen LogP contribution in [0, 0.1) is 5.92 Å². The first kappa shape index (κ1) is 16.3. The summed E-state index contributed by atoms with van der Waals surface area (Å²) in [6.07, 6.45) is 4.39. The van der Waals surface area contributed by atoms with E-state index in [1.807, 2.05) is 0 Å². The number of hydrogen-bond donors (Lipinski definition) is 2. The Kier molecular flexibility index (Phi) is 3.71. The Hall–Kier alpha value is -2.61. The van der Waals surface area contributed by atoms with Gasteiger partial charge in [-0.3, -0.25) is 14.2 Å². The van der Waals surface area contributed by atoms with E-state index in [1.54, 1.807) is 26.8 Å². The molecule has 2 aliphatic rings. The quantitative estimate of drug-likeness (QED) is 0.823. The normalized spacial score (nSPS) is 25.2. The van der Waals surface area contributed by atoms with Crippen molar-refractivity contribution in [2.24, 2.45) is 5.92 Å². The molecule has 0 saturated carbocycles. The lowest BCUT2D eigenvalue weighted by Gasteiger charge is -2.40. The second-order valence-electron chi connectivity index (χ2n) is 6.09. The Labute approximate surface area is 138 Å². The molecule has 2 aliphatic heterocycles. The number of amides is 1. The summed E-state index contributed by atoms with van der Waals surface area (Å²) in [7, 11) is 1.47. The minimum Gasteiger partial charge on any atom is -0.497 e.